The van der Waals surface area contributed by atoms with E-state index < -0.39 is 0 Å². The highest BCUT2D eigenvalue weighted by atomic mass is 16.5. The summed E-state index contributed by atoms with van der Waals surface area (Å²) in [6.45, 7) is 8.48. The van der Waals surface area contributed by atoms with Gasteiger partial charge < -0.3 is 9.72 Å². The minimum atomic E-state index is -0.0179. The van der Waals surface area contributed by atoms with Gasteiger partial charge in [-0.1, -0.05) is 44.7 Å². The predicted molar refractivity (Wildman–Crippen MR) is 141 cm³/mol. The Morgan fingerprint density at radius 2 is 2.00 bits per heavy atom. The van der Waals surface area contributed by atoms with Crippen LogP contribution in [0.3, 0.4) is 0 Å². The Morgan fingerprint density at radius 3 is 2.75 bits per heavy atom. The van der Waals surface area contributed by atoms with Crippen LogP contribution in [0.15, 0.2) is 23.0 Å². The zero-order valence-electron chi connectivity index (χ0n) is 22.0. The van der Waals surface area contributed by atoms with Crippen molar-refractivity contribution in [2.75, 3.05) is 13.2 Å². The molecule has 0 unspecified atom stereocenters. The van der Waals surface area contributed by atoms with Crippen molar-refractivity contribution in [1.29, 1.82) is 0 Å². The van der Waals surface area contributed by atoms with Crippen molar-refractivity contribution in [2.45, 2.75) is 103 Å². The van der Waals surface area contributed by atoms with Crippen molar-refractivity contribution in [1.82, 2.24) is 30.1 Å². The molecule has 1 saturated heterocycles. The molecule has 3 heterocycles. The van der Waals surface area contributed by atoms with Crippen molar-refractivity contribution < 1.29 is 4.74 Å². The standard InChI is InChI=1S/C28H40N6O2/c1-4-9-25(27-30-31-32-34(27)23-10-6-5-7-11-23)33(18-24-12-8-15-36-24)17-22-16-21-14-13-19(2)20(3)26(21)29-28(22)35/h13-14,16,23-25H,4-12,15,17-18H2,1-3H3,(H,29,35)/t24-,25-/m0/s1. The van der Waals surface area contributed by atoms with Crippen LogP contribution in [0.1, 0.15) is 99.3 Å². The number of hydrogen-bond acceptors (Lipinski definition) is 6. The van der Waals surface area contributed by atoms with Crippen LogP contribution in [-0.2, 0) is 11.3 Å². The molecule has 36 heavy (non-hydrogen) atoms. The van der Waals surface area contributed by atoms with E-state index in [0.717, 1.165) is 79.5 Å². The fraction of sp³-hybridized carbons (Fsp3) is 0.643. The molecule has 1 aliphatic heterocycles. The molecule has 0 radical (unpaired) electrons. The zero-order chi connectivity index (χ0) is 25.1. The monoisotopic (exact) mass is 492 g/mol. The second kappa shape index (κ2) is 11.2. The first-order chi connectivity index (χ1) is 17.5. The van der Waals surface area contributed by atoms with Gasteiger partial charge in [0.25, 0.3) is 5.56 Å². The quantitative estimate of drug-likeness (QED) is 0.444. The molecule has 1 aliphatic carbocycles. The highest BCUT2D eigenvalue weighted by Crippen LogP contribution is 2.33. The summed E-state index contributed by atoms with van der Waals surface area (Å²) in [4.78, 5) is 18.9. The van der Waals surface area contributed by atoms with Gasteiger partial charge in [0.1, 0.15) is 0 Å². The van der Waals surface area contributed by atoms with Crippen LogP contribution >= 0.6 is 0 Å². The number of nitrogens with zero attached hydrogens (tertiary/aromatic N) is 5. The summed E-state index contributed by atoms with van der Waals surface area (Å²) in [5.74, 6) is 0.936. The Labute approximate surface area is 213 Å². The summed E-state index contributed by atoms with van der Waals surface area (Å²) < 4.78 is 8.15. The van der Waals surface area contributed by atoms with E-state index in [1.807, 2.05) is 0 Å². The number of aromatic nitrogens is 5. The summed E-state index contributed by atoms with van der Waals surface area (Å²) in [5, 5.41) is 14.3. The lowest BCUT2D eigenvalue weighted by molar-refractivity contribution is 0.0468. The molecule has 2 fully saturated rings. The summed E-state index contributed by atoms with van der Waals surface area (Å²) >= 11 is 0. The lowest BCUT2D eigenvalue weighted by Crippen LogP contribution is -2.38. The van der Waals surface area contributed by atoms with Gasteiger partial charge in [0, 0.05) is 25.3 Å². The van der Waals surface area contributed by atoms with Gasteiger partial charge >= 0.3 is 0 Å². The number of hydrogen-bond donors (Lipinski definition) is 1. The predicted octanol–water partition coefficient (Wildman–Crippen LogP) is 5.16. The fourth-order valence-electron chi connectivity index (χ4n) is 6.01. The Balaban J connectivity index is 1.51. The van der Waals surface area contributed by atoms with Gasteiger partial charge in [-0.2, -0.15) is 0 Å². The molecule has 2 atom stereocenters. The molecular formula is C28H40N6O2. The lowest BCUT2D eigenvalue weighted by atomic mass is 9.95. The Bertz CT molecular complexity index is 1220. The average molecular weight is 493 g/mol. The third-order valence-electron chi connectivity index (χ3n) is 8.20. The Hall–Kier alpha value is -2.58. The zero-order valence-corrected chi connectivity index (χ0v) is 22.0. The number of pyridine rings is 1. The normalized spacial score (nSPS) is 19.9. The summed E-state index contributed by atoms with van der Waals surface area (Å²) in [7, 11) is 0. The molecule has 8 heteroatoms. The molecule has 5 rings (SSSR count). The molecule has 2 aliphatic rings. The molecule has 8 nitrogen and oxygen atoms in total. The second-order valence-electron chi connectivity index (χ2n) is 10.7. The summed E-state index contributed by atoms with van der Waals surface area (Å²) in [6, 6.07) is 6.70. The summed E-state index contributed by atoms with van der Waals surface area (Å²) in [6.07, 6.45) is 10.3. The smallest absolute Gasteiger partial charge is 0.252 e. The fourth-order valence-corrected chi connectivity index (χ4v) is 6.01. The third-order valence-corrected chi connectivity index (χ3v) is 8.20. The average Bonchev–Trinajstić information content (AvgIpc) is 3.58. The number of nitrogens with one attached hydrogen (secondary N) is 1. The van der Waals surface area contributed by atoms with E-state index in [4.69, 9.17) is 4.74 Å². The third kappa shape index (κ3) is 5.25. The highest BCUT2D eigenvalue weighted by Gasteiger charge is 2.32. The summed E-state index contributed by atoms with van der Waals surface area (Å²) in [5.41, 5.74) is 4.00. The van der Waals surface area contributed by atoms with Gasteiger partial charge in [0.05, 0.1) is 23.7 Å². The van der Waals surface area contributed by atoms with Crippen LogP contribution in [0.2, 0.25) is 0 Å². The van der Waals surface area contributed by atoms with Crippen molar-refractivity contribution in [3.05, 3.63) is 51.1 Å². The van der Waals surface area contributed by atoms with Gasteiger partial charge in [0.2, 0.25) is 0 Å². The van der Waals surface area contributed by atoms with Crippen LogP contribution < -0.4 is 5.56 Å². The number of fused-ring (bicyclic) bond motifs is 1. The van der Waals surface area contributed by atoms with E-state index in [-0.39, 0.29) is 17.7 Å². The largest absolute Gasteiger partial charge is 0.377 e. The number of aryl methyl sites for hydroxylation is 2. The van der Waals surface area contributed by atoms with Crippen LogP contribution in [0, 0.1) is 13.8 Å². The number of benzene rings is 1. The van der Waals surface area contributed by atoms with Crippen molar-refractivity contribution >= 4 is 10.9 Å². The van der Waals surface area contributed by atoms with E-state index in [9.17, 15) is 4.79 Å². The van der Waals surface area contributed by atoms with Crippen molar-refractivity contribution in [3.63, 3.8) is 0 Å². The van der Waals surface area contributed by atoms with Gasteiger partial charge in [-0.25, -0.2) is 4.68 Å². The first-order valence-electron chi connectivity index (χ1n) is 13.8. The number of rotatable bonds is 9. The van der Waals surface area contributed by atoms with Crippen LogP contribution in [0.4, 0.5) is 0 Å². The minimum Gasteiger partial charge on any atom is -0.377 e. The van der Waals surface area contributed by atoms with Gasteiger partial charge in [-0.15, -0.1) is 5.10 Å². The topological polar surface area (TPSA) is 88.9 Å². The molecule has 3 aromatic rings. The van der Waals surface area contributed by atoms with E-state index in [2.05, 4.69) is 69.1 Å². The number of H-pyrrole nitrogens is 1. The molecule has 2 aromatic heterocycles. The first kappa shape index (κ1) is 25.1. The van der Waals surface area contributed by atoms with Gasteiger partial charge in [0.15, 0.2) is 5.82 Å². The highest BCUT2D eigenvalue weighted by molar-refractivity contribution is 5.83. The second-order valence-corrected chi connectivity index (χ2v) is 10.7. The van der Waals surface area contributed by atoms with E-state index in [1.54, 1.807) is 0 Å². The minimum absolute atomic E-state index is 0.0179. The van der Waals surface area contributed by atoms with Crippen LogP contribution in [0.5, 0.6) is 0 Å². The Morgan fingerprint density at radius 1 is 1.17 bits per heavy atom. The van der Waals surface area contributed by atoms with Crippen molar-refractivity contribution in [2.24, 2.45) is 0 Å². The maximum absolute atomic E-state index is 13.3. The van der Waals surface area contributed by atoms with Crippen molar-refractivity contribution in [3.8, 4) is 0 Å². The van der Waals surface area contributed by atoms with Gasteiger partial charge in [-0.05, 0) is 79.0 Å². The molecule has 1 saturated carbocycles. The maximum atomic E-state index is 13.3. The van der Waals surface area contributed by atoms with E-state index in [1.165, 1.54) is 24.8 Å². The Kier molecular flexibility index (Phi) is 7.82. The van der Waals surface area contributed by atoms with Gasteiger partial charge in [-0.3, -0.25) is 9.69 Å². The number of tetrazole rings is 1. The SMILES string of the molecule is CCC[C@@H](c1nnnn1C1CCCCC1)N(Cc1cc2ccc(C)c(C)c2[nH]c1=O)C[C@@H]1CCCO1. The molecular weight excluding hydrogens is 452 g/mol. The number of aromatic amines is 1. The maximum Gasteiger partial charge on any atom is 0.252 e. The lowest BCUT2D eigenvalue weighted by Gasteiger charge is -2.33. The molecule has 1 aromatic carbocycles. The first-order valence-corrected chi connectivity index (χ1v) is 13.8. The van der Waals surface area contributed by atoms with Crippen LogP contribution in [-0.4, -0.2) is 49.3 Å². The van der Waals surface area contributed by atoms with Crippen LogP contribution in [0.25, 0.3) is 10.9 Å². The molecule has 0 bridgehead atoms. The molecule has 1 N–H and O–H groups in total. The number of ether oxygens (including phenoxy) is 1. The molecule has 194 valence electrons. The van der Waals surface area contributed by atoms with E-state index >= 15 is 0 Å². The van der Waals surface area contributed by atoms with E-state index in [0.29, 0.717) is 12.6 Å². The molecule has 0 amide bonds. The molecule has 0 spiro atoms.